The van der Waals surface area contributed by atoms with Gasteiger partial charge in [0.25, 0.3) is 10.0 Å². The molecule has 5 nitrogen and oxygen atoms in total. The molecule has 0 spiro atoms. The number of rotatable bonds is 5. The summed E-state index contributed by atoms with van der Waals surface area (Å²) in [7, 11) is -1.26. The van der Waals surface area contributed by atoms with E-state index in [1.165, 1.54) is 18.5 Å². The van der Waals surface area contributed by atoms with E-state index in [4.69, 9.17) is 4.74 Å². The number of esters is 1. The van der Waals surface area contributed by atoms with Crippen molar-refractivity contribution in [3.63, 3.8) is 0 Å². The third kappa shape index (κ3) is 3.61. The Morgan fingerprint density at radius 2 is 1.67 bits per heavy atom. The summed E-state index contributed by atoms with van der Waals surface area (Å²) in [6.45, 7) is 1.93. The molecule has 3 rings (SSSR count). The first kappa shape index (κ1) is 19.1. The third-order valence-electron chi connectivity index (χ3n) is 4.22. The molecule has 0 amide bonds. The van der Waals surface area contributed by atoms with Gasteiger partial charge in [0, 0.05) is 18.0 Å². The SMILES string of the molecule is COC(=O)c1scc(-c2ccccc2)c1S(=O)(=O)N(C)c1ccc(C)cc1. The first-order valence-corrected chi connectivity index (χ1v) is 10.5. The molecule has 1 aromatic heterocycles. The number of thiophene rings is 1. The number of benzene rings is 2. The zero-order valence-corrected chi connectivity index (χ0v) is 16.8. The van der Waals surface area contributed by atoms with Gasteiger partial charge in [-0.2, -0.15) is 0 Å². The van der Waals surface area contributed by atoms with Gasteiger partial charge in [-0.1, -0.05) is 48.0 Å². The molecule has 1 heterocycles. The molecule has 0 aliphatic heterocycles. The van der Waals surface area contributed by atoms with Crippen LogP contribution in [-0.4, -0.2) is 28.5 Å². The van der Waals surface area contributed by atoms with Gasteiger partial charge in [-0.05, 0) is 24.6 Å². The van der Waals surface area contributed by atoms with Gasteiger partial charge < -0.3 is 4.74 Å². The molecule has 0 radical (unpaired) electrons. The molecule has 0 saturated heterocycles. The van der Waals surface area contributed by atoms with Crippen LogP contribution in [0.25, 0.3) is 11.1 Å². The van der Waals surface area contributed by atoms with Crippen LogP contribution in [0, 0.1) is 6.92 Å². The topological polar surface area (TPSA) is 63.7 Å². The van der Waals surface area contributed by atoms with Crippen LogP contribution < -0.4 is 4.31 Å². The quantitative estimate of drug-likeness (QED) is 0.597. The minimum Gasteiger partial charge on any atom is -0.465 e. The van der Waals surface area contributed by atoms with Crippen LogP contribution in [0.15, 0.2) is 64.9 Å². The summed E-state index contributed by atoms with van der Waals surface area (Å²) in [5, 5.41) is 1.68. The van der Waals surface area contributed by atoms with Gasteiger partial charge in [-0.15, -0.1) is 11.3 Å². The predicted molar refractivity (Wildman–Crippen MR) is 108 cm³/mol. The maximum atomic E-state index is 13.4. The average Bonchev–Trinajstić information content (AvgIpc) is 3.14. The van der Waals surface area contributed by atoms with E-state index in [0.717, 1.165) is 22.5 Å². The van der Waals surface area contributed by atoms with E-state index in [0.29, 0.717) is 11.3 Å². The summed E-state index contributed by atoms with van der Waals surface area (Å²) < 4.78 is 32.9. The van der Waals surface area contributed by atoms with Gasteiger partial charge >= 0.3 is 5.97 Å². The van der Waals surface area contributed by atoms with Crippen LogP contribution in [0.1, 0.15) is 15.2 Å². The molecule has 0 unspecified atom stereocenters. The summed E-state index contributed by atoms with van der Waals surface area (Å²) in [5.74, 6) is -0.668. The molecule has 0 fully saturated rings. The lowest BCUT2D eigenvalue weighted by Gasteiger charge is -2.21. The van der Waals surface area contributed by atoms with Crippen LogP contribution >= 0.6 is 11.3 Å². The van der Waals surface area contributed by atoms with Crippen LogP contribution in [-0.2, 0) is 14.8 Å². The molecule has 140 valence electrons. The van der Waals surface area contributed by atoms with Crippen molar-refractivity contribution in [2.45, 2.75) is 11.8 Å². The second-order valence-electron chi connectivity index (χ2n) is 5.97. The molecule has 2 aromatic carbocycles. The Hall–Kier alpha value is -2.64. The van der Waals surface area contributed by atoms with E-state index in [2.05, 4.69) is 0 Å². The van der Waals surface area contributed by atoms with Crippen molar-refractivity contribution in [2.75, 3.05) is 18.5 Å². The molecular weight excluding hydrogens is 382 g/mol. The lowest BCUT2D eigenvalue weighted by molar-refractivity contribution is 0.0602. The number of sulfonamides is 1. The minimum atomic E-state index is -3.98. The lowest BCUT2D eigenvalue weighted by atomic mass is 10.1. The molecule has 7 heteroatoms. The Balaban J connectivity index is 2.19. The summed E-state index contributed by atoms with van der Waals surface area (Å²) in [6, 6.07) is 16.3. The highest BCUT2D eigenvalue weighted by Crippen LogP contribution is 2.38. The zero-order valence-electron chi connectivity index (χ0n) is 15.2. The maximum Gasteiger partial charge on any atom is 0.349 e. The van der Waals surface area contributed by atoms with E-state index in [9.17, 15) is 13.2 Å². The normalized spacial score (nSPS) is 11.2. The highest BCUT2D eigenvalue weighted by Gasteiger charge is 2.33. The van der Waals surface area contributed by atoms with Crippen LogP contribution in [0.2, 0.25) is 0 Å². The Morgan fingerprint density at radius 3 is 2.26 bits per heavy atom. The highest BCUT2D eigenvalue weighted by molar-refractivity contribution is 7.93. The Bertz CT molecular complexity index is 1060. The van der Waals surface area contributed by atoms with Gasteiger partial charge in [0.2, 0.25) is 0 Å². The molecule has 0 N–H and O–H groups in total. The molecule has 27 heavy (non-hydrogen) atoms. The third-order valence-corrected chi connectivity index (χ3v) is 7.18. The van der Waals surface area contributed by atoms with Crippen LogP contribution in [0.5, 0.6) is 0 Å². The second-order valence-corrected chi connectivity index (χ2v) is 8.76. The average molecular weight is 402 g/mol. The van der Waals surface area contributed by atoms with E-state index in [1.807, 2.05) is 49.4 Å². The highest BCUT2D eigenvalue weighted by atomic mass is 32.2. The van der Waals surface area contributed by atoms with E-state index in [-0.39, 0.29) is 9.77 Å². The summed E-state index contributed by atoms with van der Waals surface area (Å²) in [6.07, 6.45) is 0. The molecule has 0 aliphatic carbocycles. The first-order valence-electron chi connectivity index (χ1n) is 8.17. The number of hydrogen-bond acceptors (Lipinski definition) is 5. The van der Waals surface area contributed by atoms with Crippen molar-refractivity contribution in [1.82, 2.24) is 0 Å². The van der Waals surface area contributed by atoms with Gasteiger partial charge in [0.05, 0.1) is 12.8 Å². The zero-order chi connectivity index (χ0) is 19.6. The Kier molecular flexibility index (Phi) is 5.34. The second kappa shape index (κ2) is 7.54. The van der Waals surface area contributed by atoms with Crippen molar-refractivity contribution < 1.29 is 17.9 Å². The van der Waals surface area contributed by atoms with Crippen molar-refractivity contribution in [3.8, 4) is 11.1 Å². The number of ether oxygens (including phenoxy) is 1. The van der Waals surface area contributed by atoms with Gasteiger partial charge in [0.1, 0.15) is 9.77 Å². The minimum absolute atomic E-state index is 0.0337. The van der Waals surface area contributed by atoms with Crippen molar-refractivity contribution in [3.05, 3.63) is 70.4 Å². The molecular formula is C20H19NO4S2. The number of methoxy groups -OCH3 is 1. The molecule has 0 aliphatic rings. The first-order chi connectivity index (χ1) is 12.9. The largest absolute Gasteiger partial charge is 0.465 e. The molecule has 0 atom stereocenters. The molecule has 0 bridgehead atoms. The van der Waals surface area contributed by atoms with Crippen LogP contribution in [0.3, 0.4) is 0 Å². The fraction of sp³-hybridized carbons (Fsp3) is 0.150. The fourth-order valence-corrected chi connectivity index (χ4v) is 5.55. The van der Waals surface area contributed by atoms with E-state index in [1.54, 1.807) is 17.5 Å². The number of aryl methyl sites for hydroxylation is 1. The van der Waals surface area contributed by atoms with Crippen molar-refractivity contribution in [2.24, 2.45) is 0 Å². The Morgan fingerprint density at radius 1 is 1.04 bits per heavy atom. The van der Waals surface area contributed by atoms with E-state index < -0.39 is 16.0 Å². The monoisotopic (exact) mass is 401 g/mol. The van der Waals surface area contributed by atoms with Crippen LogP contribution in [0.4, 0.5) is 5.69 Å². The number of nitrogens with zero attached hydrogens (tertiary/aromatic N) is 1. The van der Waals surface area contributed by atoms with Crippen molar-refractivity contribution >= 4 is 33.0 Å². The standard InChI is InChI=1S/C20H19NO4S2/c1-14-9-11-16(12-10-14)21(2)27(23,24)19-17(15-7-5-4-6-8-15)13-26-18(19)20(22)25-3/h4-13H,1-3H3. The summed E-state index contributed by atoms with van der Waals surface area (Å²) in [5.41, 5.74) is 2.75. The number of anilines is 1. The van der Waals surface area contributed by atoms with Gasteiger partial charge in [-0.3, -0.25) is 4.31 Å². The fourth-order valence-electron chi connectivity index (χ4n) is 2.68. The molecule has 0 saturated carbocycles. The Labute approximate surface area is 162 Å². The van der Waals surface area contributed by atoms with E-state index >= 15 is 0 Å². The molecule has 3 aromatic rings. The van der Waals surface area contributed by atoms with Gasteiger partial charge in [0.15, 0.2) is 0 Å². The lowest BCUT2D eigenvalue weighted by Crippen LogP contribution is -2.28. The maximum absolute atomic E-state index is 13.4. The smallest absolute Gasteiger partial charge is 0.349 e. The summed E-state index contributed by atoms with van der Waals surface area (Å²) in [4.78, 5) is 12.3. The number of carbonyl (C=O) groups excluding carboxylic acids is 1. The summed E-state index contributed by atoms with van der Waals surface area (Å²) >= 11 is 1.07. The van der Waals surface area contributed by atoms with Crippen molar-refractivity contribution in [1.29, 1.82) is 0 Å². The van der Waals surface area contributed by atoms with Gasteiger partial charge in [-0.25, -0.2) is 13.2 Å². The predicted octanol–water partition coefficient (Wildman–Crippen LogP) is 4.34. The number of carbonyl (C=O) groups is 1. The number of hydrogen-bond donors (Lipinski definition) is 0.